The fourth-order valence-electron chi connectivity index (χ4n) is 2.45. The van der Waals surface area contributed by atoms with Gasteiger partial charge in [-0.25, -0.2) is 13.1 Å². The second-order valence-corrected chi connectivity index (χ2v) is 6.96. The summed E-state index contributed by atoms with van der Waals surface area (Å²) in [6, 6.07) is 5.26. The van der Waals surface area contributed by atoms with Crippen molar-refractivity contribution in [3.63, 3.8) is 0 Å². The van der Waals surface area contributed by atoms with E-state index in [0.717, 1.165) is 24.9 Å². The Labute approximate surface area is 127 Å². The van der Waals surface area contributed by atoms with E-state index in [2.05, 4.69) is 17.0 Å². The summed E-state index contributed by atoms with van der Waals surface area (Å²) in [4.78, 5) is 0.333. The molecule has 0 spiro atoms. The topological polar surface area (TPSA) is 67.4 Å². The highest BCUT2D eigenvalue weighted by Crippen LogP contribution is 2.18. The number of benzene rings is 1. The molecule has 1 unspecified atom stereocenters. The molecule has 6 heteroatoms. The molecule has 1 aromatic rings. The van der Waals surface area contributed by atoms with E-state index in [4.69, 9.17) is 4.74 Å². The van der Waals surface area contributed by atoms with Gasteiger partial charge < -0.3 is 10.1 Å². The van der Waals surface area contributed by atoms with E-state index in [-0.39, 0.29) is 6.04 Å². The van der Waals surface area contributed by atoms with Crippen LogP contribution in [0.5, 0.6) is 0 Å². The van der Waals surface area contributed by atoms with Crippen LogP contribution in [0.15, 0.2) is 23.1 Å². The van der Waals surface area contributed by atoms with E-state index in [9.17, 15) is 8.42 Å². The molecule has 1 heterocycles. The van der Waals surface area contributed by atoms with E-state index in [1.807, 2.05) is 13.0 Å². The first kappa shape index (κ1) is 16.4. The fraction of sp³-hybridized carbons (Fsp3) is 0.600. The molecule has 5 nitrogen and oxygen atoms in total. The molecule has 0 amide bonds. The molecule has 1 aromatic carbocycles. The van der Waals surface area contributed by atoms with Gasteiger partial charge in [0.15, 0.2) is 0 Å². The number of rotatable bonds is 7. The average Bonchev–Trinajstić information content (AvgIpc) is 2.96. The van der Waals surface area contributed by atoms with Crippen molar-refractivity contribution in [1.29, 1.82) is 0 Å². The summed E-state index contributed by atoms with van der Waals surface area (Å²) < 4.78 is 32.8. The highest BCUT2D eigenvalue weighted by atomic mass is 32.2. The van der Waals surface area contributed by atoms with Gasteiger partial charge in [-0.2, -0.15) is 0 Å². The fourth-order valence-corrected chi connectivity index (χ4v) is 3.76. The summed E-state index contributed by atoms with van der Waals surface area (Å²) in [5.74, 6) is 0. The predicted octanol–water partition coefficient (Wildman–Crippen LogP) is 1.43. The zero-order valence-corrected chi connectivity index (χ0v) is 13.5. The van der Waals surface area contributed by atoms with Gasteiger partial charge in [0.05, 0.1) is 11.5 Å². The monoisotopic (exact) mass is 312 g/mol. The zero-order valence-electron chi connectivity index (χ0n) is 12.7. The average molecular weight is 312 g/mol. The van der Waals surface area contributed by atoms with Crippen molar-refractivity contribution >= 4 is 10.0 Å². The van der Waals surface area contributed by atoms with E-state index in [0.29, 0.717) is 24.7 Å². The summed E-state index contributed by atoms with van der Waals surface area (Å²) >= 11 is 0. The van der Waals surface area contributed by atoms with Crippen LogP contribution in [0.25, 0.3) is 0 Å². The summed E-state index contributed by atoms with van der Waals surface area (Å²) in [5, 5.41) is 3.26. The largest absolute Gasteiger partial charge is 0.380 e. The second kappa shape index (κ2) is 7.35. The molecule has 1 saturated heterocycles. The molecule has 0 aromatic heterocycles. The van der Waals surface area contributed by atoms with Gasteiger partial charge in [-0.3, -0.25) is 0 Å². The van der Waals surface area contributed by atoms with Crippen molar-refractivity contribution < 1.29 is 13.2 Å². The summed E-state index contributed by atoms with van der Waals surface area (Å²) in [7, 11) is -3.47. The van der Waals surface area contributed by atoms with Gasteiger partial charge in [0.2, 0.25) is 10.0 Å². The molecule has 1 aliphatic rings. The van der Waals surface area contributed by atoms with E-state index in [1.165, 1.54) is 5.56 Å². The van der Waals surface area contributed by atoms with Gasteiger partial charge in [0.25, 0.3) is 0 Å². The maximum Gasteiger partial charge on any atom is 0.240 e. The van der Waals surface area contributed by atoms with E-state index in [1.54, 1.807) is 12.1 Å². The van der Waals surface area contributed by atoms with Gasteiger partial charge in [-0.1, -0.05) is 19.9 Å². The lowest BCUT2D eigenvalue weighted by atomic mass is 10.1. The maximum absolute atomic E-state index is 12.4. The van der Waals surface area contributed by atoms with Gasteiger partial charge in [0.1, 0.15) is 0 Å². The summed E-state index contributed by atoms with van der Waals surface area (Å²) in [6.45, 7) is 6.73. The van der Waals surface area contributed by atoms with Crippen LogP contribution < -0.4 is 10.0 Å². The maximum atomic E-state index is 12.4. The van der Waals surface area contributed by atoms with Crippen LogP contribution >= 0.6 is 0 Å². The molecule has 1 fully saturated rings. The first-order chi connectivity index (χ1) is 10.1. The first-order valence-electron chi connectivity index (χ1n) is 7.49. The molecule has 0 aliphatic carbocycles. The van der Waals surface area contributed by atoms with Crippen LogP contribution in [0.4, 0.5) is 0 Å². The van der Waals surface area contributed by atoms with Crippen LogP contribution in [0.1, 0.15) is 31.4 Å². The number of hydrogen-bond acceptors (Lipinski definition) is 4. The lowest BCUT2D eigenvalue weighted by Crippen LogP contribution is -2.35. The van der Waals surface area contributed by atoms with Crippen molar-refractivity contribution in [1.82, 2.24) is 10.0 Å². The lowest BCUT2D eigenvalue weighted by molar-refractivity contribution is 0.192. The Balaban J connectivity index is 2.21. The quantitative estimate of drug-likeness (QED) is 0.799. The van der Waals surface area contributed by atoms with Gasteiger partial charge >= 0.3 is 0 Å². The Kier molecular flexibility index (Phi) is 5.75. The van der Waals surface area contributed by atoms with Gasteiger partial charge in [0, 0.05) is 19.2 Å². The van der Waals surface area contributed by atoms with Crippen LogP contribution in [-0.4, -0.2) is 34.2 Å². The molecular formula is C15H24N2O3S. The zero-order chi connectivity index (χ0) is 15.3. The molecule has 2 N–H and O–H groups in total. The second-order valence-electron chi connectivity index (χ2n) is 5.25. The van der Waals surface area contributed by atoms with Crippen LogP contribution in [0, 0.1) is 0 Å². The SMILES string of the molecule is CCNCc1cc(S(=O)(=O)NC2CCOC2)ccc1CC. The smallest absolute Gasteiger partial charge is 0.240 e. The Morgan fingerprint density at radius 1 is 1.29 bits per heavy atom. The molecular weight excluding hydrogens is 288 g/mol. The highest BCUT2D eigenvalue weighted by molar-refractivity contribution is 7.89. The number of hydrogen-bond donors (Lipinski definition) is 2. The van der Waals surface area contributed by atoms with Crippen molar-refractivity contribution in [3.8, 4) is 0 Å². The van der Waals surface area contributed by atoms with Gasteiger partial charge in [-0.05, 0) is 42.6 Å². The van der Waals surface area contributed by atoms with Crippen LogP contribution in [-0.2, 0) is 27.7 Å². The minimum absolute atomic E-state index is 0.113. The molecule has 0 bridgehead atoms. The number of aryl methyl sites for hydroxylation is 1. The Hall–Kier alpha value is -0.950. The number of sulfonamides is 1. The van der Waals surface area contributed by atoms with Crippen molar-refractivity contribution in [2.75, 3.05) is 19.8 Å². The van der Waals surface area contributed by atoms with Crippen molar-refractivity contribution in [3.05, 3.63) is 29.3 Å². The Bertz CT molecular complexity index is 566. The third-order valence-corrected chi connectivity index (χ3v) is 5.20. The third kappa shape index (κ3) is 4.26. The Morgan fingerprint density at radius 3 is 2.71 bits per heavy atom. The molecule has 1 aliphatic heterocycles. The highest BCUT2D eigenvalue weighted by Gasteiger charge is 2.23. The van der Waals surface area contributed by atoms with Gasteiger partial charge in [-0.15, -0.1) is 0 Å². The molecule has 118 valence electrons. The van der Waals surface area contributed by atoms with Crippen LogP contribution in [0.3, 0.4) is 0 Å². The molecule has 21 heavy (non-hydrogen) atoms. The van der Waals surface area contributed by atoms with Crippen molar-refractivity contribution in [2.45, 2.75) is 44.2 Å². The number of ether oxygens (including phenoxy) is 1. The summed E-state index contributed by atoms with van der Waals surface area (Å²) in [5.41, 5.74) is 2.23. The first-order valence-corrected chi connectivity index (χ1v) is 8.97. The molecule has 0 saturated carbocycles. The predicted molar refractivity (Wildman–Crippen MR) is 82.7 cm³/mol. The minimum atomic E-state index is -3.47. The van der Waals surface area contributed by atoms with E-state index < -0.39 is 10.0 Å². The standard InChI is InChI=1S/C15H24N2O3S/c1-3-12-5-6-15(9-13(12)10-16-4-2)21(18,19)17-14-7-8-20-11-14/h5-6,9,14,16-17H,3-4,7-8,10-11H2,1-2H3. The summed E-state index contributed by atoms with van der Waals surface area (Å²) in [6.07, 6.45) is 1.63. The Morgan fingerprint density at radius 2 is 2.10 bits per heavy atom. The van der Waals surface area contributed by atoms with E-state index >= 15 is 0 Å². The molecule has 1 atom stereocenters. The number of nitrogens with one attached hydrogen (secondary N) is 2. The normalized spacial score (nSPS) is 19.0. The lowest BCUT2D eigenvalue weighted by Gasteiger charge is -2.14. The third-order valence-electron chi connectivity index (χ3n) is 3.69. The minimum Gasteiger partial charge on any atom is -0.380 e. The van der Waals surface area contributed by atoms with Crippen molar-refractivity contribution in [2.24, 2.45) is 0 Å². The van der Waals surface area contributed by atoms with Crippen LogP contribution in [0.2, 0.25) is 0 Å². The molecule has 0 radical (unpaired) electrons. The molecule has 2 rings (SSSR count).